The Balaban J connectivity index is 1.66. The molecule has 4 rings (SSSR count). The molecular weight excluding hydrogens is 400 g/mol. The molecule has 154 valence electrons. The summed E-state index contributed by atoms with van der Waals surface area (Å²) in [7, 11) is 1.58. The van der Waals surface area contributed by atoms with E-state index in [1.807, 2.05) is 17.2 Å². The molecule has 0 bridgehead atoms. The molecule has 1 fully saturated rings. The zero-order valence-electron chi connectivity index (χ0n) is 16.6. The Morgan fingerprint density at radius 1 is 1.47 bits per heavy atom. The molecule has 1 saturated heterocycles. The molecule has 0 spiro atoms. The minimum absolute atomic E-state index is 0.0131. The molecule has 0 unspecified atom stereocenters. The van der Waals surface area contributed by atoms with Crippen LogP contribution >= 0.6 is 11.3 Å². The van der Waals surface area contributed by atoms with Gasteiger partial charge in [0.1, 0.15) is 16.3 Å². The molecule has 1 atom stereocenters. The van der Waals surface area contributed by atoms with E-state index in [0.29, 0.717) is 17.2 Å². The van der Waals surface area contributed by atoms with Crippen LogP contribution in [0.4, 0.5) is 5.69 Å². The van der Waals surface area contributed by atoms with Crippen LogP contribution in [0.5, 0.6) is 0 Å². The quantitative estimate of drug-likeness (QED) is 0.548. The molecule has 8 nitrogen and oxygen atoms in total. The van der Waals surface area contributed by atoms with Crippen LogP contribution in [-0.2, 0) is 4.79 Å². The highest BCUT2D eigenvalue weighted by Gasteiger charge is 2.25. The van der Waals surface area contributed by atoms with E-state index in [1.165, 1.54) is 11.3 Å². The third-order valence-electron chi connectivity index (χ3n) is 5.16. The van der Waals surface area contributed by atoms with Crippen molar-refractivity contribution in [1.82, 2.24) is 25.2 Å². The molecule has 9 heteroatoms. The Hall–Kier alpha value is -3.38. The van der Waals surface area contributed by atoms with E-state index < -0.39 is 0 Å². The number of likely N-dealkylation sites (tertiary alicyclic amines) is 1. The van der Waals surface area contributed by atoms with E-state index in [2.05, 4.69) is 31.5 Å². The summed E-state index contributed by atoms with van der Waals surface area (Å²) in [6, 6.07) is 2.05. The maximum absolute atomic E-state index is 12.2. The summed E-state index contributed by atoms with van der Waals surface area (Å²) < 4.78 is 0. The number of amides is 2. The van der Waals surface area contributed by atoms with Crippen molar-refractivity contribution in [3.8, 4) is 22.9 Å². The van der Waals surface area contributed by atoms with Gasteiger partial charge < -0.3 is 20.5 Å². The molecule has 3 aromatic heterocycles. The van der Waals surface area contributed by atoms with Gasteiger partial charge in [0.2, 0.25) is 5.91 Å². The molecule has 1 aliphatic heterocycles. The normalized spacial score (nSPS) is 16.3. The smallest absolute Gasteiger partial charge is 0.270 e. The van der Waals surface area contributed by atoms with E-state index in [0.717, 1.165) is 41.7 Å². The fraction of sp³-hybridized carbons (Fsp3) is 0.333. The van der Waals surface area contributed by atoms with E-state index in [-0.39, 0.29) is 24.3 Å². The summed E-state index contributed by atoms with van der Waals surface area (Å²) >= 11 is 1.40. The number of piperidine rings is 1. The number of fused-ring (bicyclic) bond motifs is 1. The SMILES string of the molecule is C#CCC(=O)N1CCC[C@@H](Nc2c(-c3nc(C(=O)NC)cs3)cnc3[nH]ccc23)C1. The van der Waals surface area contributed by atoms with Crippen molar-refractivity contribution >= 4 is 39.9 Å². The van der Waals surface area contributed by atoms with E-state index in [9.17, 15) is 9.59 Å². The van der Waals surface area contributed by atoms with Gasteiger partial charge in [-0.15, -0.1) is 17.8 Å². The third-order valence-corrected chi connectivity index (χ3v) is 6.03. The van der Waals surface area contributed by atoms with Gasteiger partial charge in [0, 0.05) is 49.3 Å². The van der Waals surface area contributed by atoms with Gasteiger partial charge in [-0.1, -0.05) is 5.92 Å². The Kier molecular flexibility index (Phi) is 5.68. The van der Waals surface area contributed by atoms with Gasteiger partial charge in [0.15, 0.2) is 0 Å². The number of aromatic amines is 1. The molecule has 0 aliphatic carbocycles. The summed E-state index contributed by atoms with van der Waals surface area (Å²) in [5.74, 6) is 2.20. The van der Waals surface area contributed by atoms with Crippen LogP contribution in [0.15, 0.2) is 23.8 Å². The molecule has 0 radical (unpaired) electrons. The average molecular weight is 423 g/mol. The highest BCUT2D eigenvalue weighted by molar-refractivity contribution is 7.13. The van der Waals surface area contributed by atoms with Crippen LogP contribution < -0.4 is 10.6 Å². The van der Waals surface area contributed by atoms with Crippen LogP contribution in [0, 0.1) is 12.3 Å². The molecule has 30 heavy (non-hydrogen) atoms. The van der Waals surface area contributed by atoms with Gasteiger partial charge in [0.05, 0.1) is 17.7 Å². The summed E-state index contributed by atoms with van der Waals surface area (Å²) in [5.41, 5.74) is 2.87. The van der Waals surface area contributed by atoms with Crippen molar-refractivity contribution in [3.05, 3.63) is 29.5 Å². The van der Waals surface area contributed by atoms with Crippen molar-refractivity contribution in [3.63, 3.8) is 0 Å². The van der Waals surface area contributed by atoms with Crippen molar-refractivity contribution in [2.24, 2.45) is 0 Å². The number of aromatic nitrogens is 3. The maximum Gasteiger partial charge on any atom is 0.270 e. The zero-order valence-corrected chi connectivity index (χ0v) is 17.4. The molecule has 3 N–H and O–H groups in total. The van der Waals surface area contributed by atoms with Crippen molar-refractivity contribution in [2.75, 3.05) is 25.5 Å². The number of carbonyl (C=O) groups excluding carboxylic acids is 2. The number of rotatable bonds is 5. The number of anilines is 1. The first-order valence-electron chi connectivity index (χ1n) is 9.72. The average Bonchev–Trinajstić information content (AvgIpc) is 3.44. The third kappa shape index (κ3) is 3.86. The first-order chi connectivity index (χ1) is 14.6. The van der Waals surface area contributed by atoms with Crippen LogP contribution in [-0.4, -0.2) is 57.8 Å². The number of nitrogens with zero attached hydrogens (tertiary/aromatic N) is 3. The lowest BCUT2D eigenvalue weighted by Crippen LogP contribution is -2.45. The predicted molar refractivity (Wildman–Crippen MR) is 117 cm³/mol. The summed E-state index contributed by atoms with van der Waals surface area (Å²) in [5, 5.41) is 9.60. The Morgan fingerprint density at radius 2 is 2.33 bits per heavy atom. The van der Waals surface area contributed by atoms with E-state index in [4.69, 9.17) is 6.42 Å². The Morgan fingerprint density at radius 3 is 3.13 bits per heavy atom. The largest absolute Gasteiger partial charge is 0.379 e. The molecule has 3 aromatic rings. The van der Waals surface area contributed by atoms with Gasteiger partial charge in [-0.2, -0.15) is 0 Å². The predicted octanol–water partition coefficient (Wildman–Crippen LogP) is 2.47. The number of pyridine rings is 1. The van der Waals surface area contributed by atoms with Crippen molar-refractivity contribution in [2.45, 2.75) is 25.3 Å². The lowest BCUT2D eigenvalue weighted by molar-refractivity contribution is -0.131. The molecule has 4 heterocycles. The Labute approximate surface area is 178 Å². The van der Waals surface area contributed by atoms with Crippen LogP contribution in [0.25, 0.3) is 21.6 Å². The second kappa shape index (κ2) is 8.55. The summed E-state index contributed by atoms with van der Waals surface area (Å²) in [6.45, 7) is 1.32. The fourth-order valence-electron chi connectivity index (χ4n) is 3.68. The second-order valence-electron chi connectivity index (χ2n) is 7.11. The number of terminal acetylenes is 1. The van der Waals surface area contributed by atoms with Crippen LogP contribution in [0.3, 0.4) is 0 Å². The van der Waals surface area contributed by atoms with Crippen molar-refractivity contribution in [1.29, 1.82) is 0 Å². The highest BCUT2D eigenvalue weighted by atomic mass is 32.1. The number of carbonyl (C=O) groups is 2. The van der Waals surface area contributed by atoms with E-state index >= 15 is 0 Å². The molecule has 0 saturated carbocycles. The number of hydrogen-bond acceptors (Lipinski definition) is 6. The summed E-state index contributed by atoms with van der Waals surface area (Å²) in [6.07, 6.45) is 10.9. The number of thiazole rings is 1. The molecular formula is C21H22N6O2S. The van der Waals surface area contributed by atoms with Gasteiger partial charge in [-0.25, -0.2) is 9.97 Å². The van der Waals surface area contributed by atoms with Gasteiger partial charge in [-0.05, 0) is 18.9 Å². The molecule has 0 aromatic carbocycles. The zero-order chi connectivity index (χ0) is 21.1. The van der Waals surface area contributed by atoms with Crippen molar-refractivity contribution < 1.29 is 9.59 Å². The lowest BCUT2D eigenvalue weighted by Gasteiger charge is -2.34. The molecule has 1 aliphatic rings. The maximum atomic E-state index is 12.2. The Bertz CT molecular complexity index is 1130. The summed E-state index contributed by atoms with van der Waals surface area (Å²) in [4.78, 5) is 38.1. The first kappa shape index (κ1) is 19.9. The van der Waals surface area contributed by atoms with E-state index in [1.54, 1.807) is 18.6 Å². The highest BCUT2D eigenvalue weighted by Crippen LogP contribution is 2.36. The van der Waals surface area contributed by atoms with Gasteiger partial charge in [0.25, 0.3) is 5.91 Å². The minimum Gasteiger partial charge on any atom is -0.379 e. The van der Waals surface area contributed by atoms with Gasteiger partial charge in [-0.3, -0.25) is 9.59 Å². The molecule has 2 amide bonds. The van der Waals surface area contributed by atoms with Crippen LogP contribution in [0.1, 0.15) is 29.8 Å². The first-order valence-corrected chi connectivity index (χ1v) is 10.6. The minimum atomic E-state index is -0.224. The number of nitrogens with one attached hydrogen (secondary N) is 3. The standard InChI is InChI=1S/C21H22N6O2S/c1-3-5-17(28)27-9-4-6-13(11-27)25-18-14-7-8-23-19(14)24-10-15(18)21-26-16(12-30-21)20(29)22-2/h1,7-8,10,12-13H,4-6,9,11H2,2H3,(H,22,29)(H2,23,24,25)/t13-/m1/s1. The van der Waals surface area contributed by atoms with Gasteiger partial charge >= 0.3 is 0 Å². The fourth-order valence-corrected chi connectivity index (χ4v) is 4.50. The number of hydrogen-bond donors (Lipinski definition) is 3. The second-order valence-corrected chi connectivity index (χ2v) is 7.97. The lowest BCUT2D eigenvalue weighted by atomic mass is 10.0. The monoisotopic (exact) mass is 422 g/mol. The van der Waals surface area contributed by atoms with Crippen LogP contribution in [0.2, 0.25) is 0 Å². The number of H-pyrrole nitrogens is 1. The topological polar surface area (TPSA) is 103 Å².